The number of hydrogen-bond donors (Lipinski definition) is 2. The number of anilines is 1. The first-order valence-corrected chi connectivity index (χ1v) is 14.1. The van der Waals surface area contributed by atoms with E-state index in [1.165, 1.54) is 28.5 Å². The summed E-state index contributed by atoms with van der Waals surface area (Å²) >= 11 is -1.29. The second-order valence-corrected chi connectivity index (χ2v) is 14.8. The van der Waals surface area contributed by atoms with Crippen molar-refractivity contribution in [2.75, 3.05) is 25.0 Å². The first-order chi connectivity index (χ1) is 14.1. The minimum absolute atomic E-state index is 0.104. The van der Waals surface area contributed by atoms with Crippen LogP contribution >= 0.6 is 19.8 Å². The van der Waals surface area contributed by atoms with Gasteiger partial charge in [0.05, 0.1) is 0 Å². The Morgan fingerprint density at radius 2 is 1.93 bits per heavy atom. The summed E-state index contributed by atoms with van der Waals surface area (Å²) in [6, 6.07) is 19.5. The summed E-state index contributed by atoms with van der Waals surface area (Å²) < 4.78 is 8.19. The summed E-state index contributed by atoms with van der Waals surface area (Å²) in [5.74, 6) is 0. The van der Waals surface area contributed by atoms with Crippen LogP contribution in [0.4, 0.5) is 5.69 Å². The van der Waals surface area contributed by atoms with E-state index in [1.54, 1.807) is 6.92 Å². The van der Waals surface area contributed by atoms with Gasteiger partial charge in [0, 0.05) is 0 Å². The fourth-order valence-corrected chi connectivity index (χ4v) is 14.8. The van der Waals surface area contributed by atoms with Crippen molar-refractivity contribution in [3.63, 3.8) is 0 Å². The molecular formula is C24H29IN2O2. The van der Waals surface area contributed by atoms with Gasteiger partial charge in [0.1, 0.15) is 0 Å². The quantitative estimate of drug-likeness (QED) is 0.265. The van der Waals surface area contributed by atoms with Gasteiger partial charge in [-0.3, -0.25) is 0 Å². The molecule has 4 nitrogen and oxygen atoms in total. The molecule has 0 bridgehead atoms. The van der Waals surface area contributed by atoms with Crippen molar-refractivity contribution in [1.82, 2.24) is 4.90 Å². The Morgan fingerprint density at radius 3 is 2.62 bits per heavy atom. The van der Waals surface area contributed by atoms with Crippen LogP contribution in [0.25, 0.3) is 0 Å². The van der Waals surface area contributed by atoms with Gasteiger partial charge in [-0.15, -0.1) is 0 Å². The van der Waals surface area contributed by atoms with Gasteiger partial charge >= 0.3 is 181 Å². The summed E-state index contributed by atoms with van der Waals surface area (Å²) in [6.07, 6.45) is 5.43. The van der Waals surface area contributed by atoms with Crippen molar-refractivity contribution in [3.8, 4) is 0 Å². The first-order valence-electron chi connectivity index (χ1n) is 10.4. The van der Waals surface area contributed by atoms with Crippen molar-refractivity contribution in [3.05, 3.63) is 77.9 Å². The number of aliphatic hydroxyl groups excluding tert-OH is 1. The number of nitrogens with one attached hydrogen (secondary N) is 1. The number of rotatable bonds is 6. The Labute approximate surface area is 180 Å². The van der Waals surface area contributed by atoms with E-state index < -0.39 is 26.0 Å². The van der Waals surface area contributed by atoms with Crippen LogP contribution in [0.1, 0.15) is 24.5 Å². The molecule has 0 saturated carbocycles. The molecule has 5 rings (SSSR count). The second kappa shape index (κ2) is 7.69. The molecule has 2 spiro atoms. The van der Waals surface area contributed by atoms with E-state index in [2.05, 4.69) is 77.0 Å². The van der Waals surface area contributed by atoms with Crippen LogP contribution < -0.4 is 5.32 Å². The molecular weight excluding hydrogens is 475 g/mol. The molecule has 154 valence electrons. The molecule has 3 heterocycles. The fourth-order valence-electron chi connectivity index (χ4n) is 4.87. The molecule has 3 aliphatic heterocycles. The Kier molecular flexibility index (Phi) is 5.18. The topological polar surface area (TPSA) is 44.7 Å². The van der Waals surface area contributed by atoms with Gasteiger partial charge in [-0.2, -0.15) is 0 Å². The van der Waals surface area contributed by atoms with Gasteiger partial charge in [0.2, 0.25) is 0 Å². The third kappa shape index (κ3) is 3.52. The number of nitrogens with zero attached hydrogens (tertiary/aromatic N) is 1. The average molecular weight is 504 g/mol. The van der Waals surface area contributed by atoms with Gasteiger partial charge in [-0.25, -0.2) is 0 Å². The Hall–Kier alpha value is -1.41. The molecule has 2 aromatic carbocycles. The maximum atomic E-state index is 9.47. The van der Waals surface area contributed by atoms with Gasteiger partial charge in [0.25, 0.3) is 0 Å². The number of likely N-dealkylation sites (tertiary alicyclic amines) is 1. The number of fused-ring (bicyclic) bond motifs is 1. The number of ether oxygens (including phenoxy) is 1. The molecule has 2 aromatic rings. The molecule has 2 N–H and O–H groups in total. The SMILES string of the molecule is CC(O)Nc1ccc(CN2CC[C@@]3(C2)I(Cc2ccccc2)[C@]32C=CCO2)cc1. The van der Waals surface area contributed by atoms with Crippen LogP contribution in [-0.4, -0.2) is 43.0 Å². The molecule has 1 unspecified atom stereocenters. The van der Waals surface area contributed by atoms with Crippen molar-refractivity contribution >= 4 is 25.5 Å². The number of halogens is 1. The van der Waals surface area contributed by atoms with E-state index in [9.17, 15) is 5.11 Å². The fraction of sp³-hybridized carbons (Fsp3) is 0.417. The minimum atomic E-state index is -1.29. The number of hydrogen-bond acceptors (Lipinski definition) is 4. The van der Waals surface area contributed by atoms with Crippen LogP contribution in [0, 0.1) is 0 Å². The van der Waals surface area contributed by atoms with Crippen LogP contribution in [0.15, 0.2) is 66.7 Å². The number of alkyl halides is 3. The number of aliphatic hydroxyl groups is 1. The van der Waals surface area contributed by atoms with Crippen LogP contribution in [-0.2, 0) is 15.7 Å². The zero-order valence-electron chi connectivity index (χ0n) is 16.9. The molecule has 3 aliphatic rings. The first kappa shape index (κ1) is 19.5. The maximum absolute atomic E-state index is 9.47. The van der Waals surface area contributed by atoms with Crippen LogP contribution in [0.5, 0.6) is 0 Å². The zero-order chi connectivity index (χ0) is 19.9. The predicted molar refractivity (Wildman–Crippen MR) is 126 cm³/mol. The van der Waals surface area contributed by atoms with Gasteiger partial charge in [0.15, 0.2) is 0 Å². The summed E-state index contributed by atoms with van der Waals surface area (Å²) in [6.45, 7) is 5.85. The summed E-state index contributed by atoms with van der Waals surface area (Å²) in [5, 5.41) is 12.5. The molecule has 5 heteroatoms. The van der Waals surface area contributed by atoms with Crippen LogP contribution in [0.3, 0.4) is 0 Å². The van der Waals surface area contributed by atoms with Gasteiger partial charge in [-0.1, -0.05) is 0 Å². The second-order valence-electron chi connectivity index (χ2n) is 8.28. The Balaban J connectivity index is 1.28. The van der Waals surface area contributed by atoms with E-state index in [-0.39, 0.29) is 3.61 Å². The van der Waals surface area contributed by atoms with E-state index in [1.807, 2.05) is 0 Å². The van der Waals surface area contributed by atoms with Gasteiger partial charge < -0.3 is 0 Å². The van der Waals surface area contributed by atoms with Crippen LogP contribution in [0.2, 0.25) is 0 Å². The van der Waals surface area contributed by atoms with Crippen molar-refractivity contribution in [2.45, 2.75) is 37.6 Å². The third-order valence-electron chi connectivity index (χ3n) is 6.24. The average Bonchev–Trinajstić information content (AvgIpc) is 3.15. The standard InChI is InChI=1S/C24H29IN2O2/c1-19(28)26-22-10-8-21(9-11-22)17-27-14-13-23(18-27)24(12-5-15-29-24)25(23)16-20-6-3-2-4-7-20/h2-12,19,26,28H,13-18H2,1H3/t19?,23-,24-/m0/s1. The predicted octanol–water partition coefficient (Wildman–Crippen LogP) is 4.38. The van der Waals surface area contributed by atoms with E-state index in [4.69, 9.17) is 4.74 Å². The normalized spacial score (nSPS) is 30.3. The van der Waals surface area contributed by atoms with Crippen molar-refractivity contribution in [2.24, 2.45) is 0 Å². The Bertz CT molecular complexity index is 886. The van der Waals surface area contributed by atoms with Crippen molar-refractivity contribution in [1.29, 1.82) is 0 Å². The Morgan fingerprint density at radius 1 is 1.14 bits per heavy atom. The molecule has 29 heavy (non-hydrogen) atoms. The molecule has 3 atom stereocenters. The molecule has 2 saturated heterocycles. The zero-order valence-corrected chi connectivity index (χ0v) is 19.0. The molecule has 0 aliphatic carbocycles. The van der Waals surface area contributed by atoms with Crippen molar-refractivity contribution < 1.29 is 9.84 Å². The molecule has 0 amide bonds. The summed E-state index contributed by atoms with van der Waals surface area (Å²) in [5.41, 5.74) is 3.78. The monoisotopic (exact) mass is 504 g/mol. The molecule has 2 fully saturated rings. The third-order valence-corrected chi connectivity index (χ3v) is 15.2. The van der Waals surface area contributed by atoms with E-state index >= 15 is 0 Å². The van der Waals surface area contributed by atoms with Gasteiger partial charge in [-0.05, 0) is 0 Å². The van der Waals surface area contributed by atoms with E-state index in [0.29, 0.717) is 3.42 Å². The molecule has 0 aromatic heterocycles. The van der Waals surface area contributed by atoms with E-state index in [0.717, 1.165) is 25.4 Å². The number of benzene rings is 2. The summed E-state index contributed by atoms with van der Waals surface area (Å²) in [7, 11) is 0. The molecule has 0 radical (unpaired) electrons. The summed E-state index contributed by atoms with van der Waals surface area (Å²) in [4.78, 5) is 2.62.